The minimum Gasteiger partial charge on any atom is -0.334 e. The summed E-state index contributed by atoms with van der Waals surface area (Å²) in [6.45, 7) is 2.62. The van der Waals surface area contributed by atoms with Gasteiger partial charge in [-0.3, -0.25) is 9.59 Å². The number of benzene rings is 1. The fourth-order valence-corrected chi connectivity index (χ4v) is 3.80. The monoisotopic (exact) mass is 377 g/mol. The molecule has 0 saturated carbocycles. The highest BCUT2D eigenvalue weighted by Gasteiger charge is 2.30. The van der Waals surface area contributed by atoms with Gasteiger partial charge in [0.2, 0.25) is 5.56 Å². The molecule has 2 aromatic rings. The van der Waals surface area contributed by atoms with Crippen LogP contribution in [-0.4, -0.2) is 34.4 Å². The number of nitrogens with two attached hydrogens (primary N) is 1. The van der Waals surface area contributed by atoms with Crippen LogP contribution in [0.25, 0.3) is 10.9 Å². The first kappa shape index (κ1) is 16.2. The van der Waals surface area contributed by atoms with Gasteiger partial charge in [-0.05, 0) is 48.2 Å². The maximum atomic E-state index is 13.1. The predicted molar refractivity (Wildman–Crippen MR) is 94.6 cm³/mol. The second-order valence-corrected chi connectivity index (χ2v) is 6.98. The topological polar surface area (TPSA) is 79.2 Å². The lowest BCUT2D eigenvalue weighted by molar-refractivity contribution is 0.0585. The number of amides is 1. The molecule has 5 nitrogen and oxygen atoms in total. The second-order valence-electron chi connectivity index (χ2n) is 6.13. The van der Waals surface area contributed by atoms with Crippen molar-refractivity contribution in [3.05, 3.63) is 44.7 Å². The zero-order chi connectivity index (χ0) is 16.6. The van der Waals surface area contributed by atoms with Gasteiger partial charge in [-0.25, -0.2) is 0 Å². The van der Waals surface area contributed by atoms with E-state index in [1.807, 2.05) is 30.0 Å². The van der Waals surface area contributed by atoms with Crippen molar-refractivity contribution in [2.24, 2.45) is 5.73 Å². The number of likely N-dealkylation sites (tertiary alicyclic amines) is 1. The van der Waals surface area contributed by atoms with E-state index in [0.717, 1.165) is 29.1 Å². The summed E-state index contributed by atoms with van der Waals surface area (Å²) in [5, 5.41) is 0.748. The molecule has 6 heteroatoms. The number of pyridine rings is 1. The van der Waals surface area contributed by atoms with Crippen molar-refractivity contribution in [3.63, 3.8) is 0 Å². The van der Waals surface area contributed by atoms with Crippen LogP contribution >= 0.6 is 15.9 Å². The third-order valence-electron chi connectivity index (χ3n) is 4.47. The lowest BCUT2D eigenvalue weighted by Gasteiger charge is -2.38. The number of carbonyl (C=O) groups is 1. The fourth-order valence-electron chi connectivity index (χ4n) is 3.33. The summed E-state index contributed by atoms with van der Waals surface area (Å²) >= 11 is 3.43. The quantitative estimate of drug-likeness (QED) is 0.843. The molecule has 1 fully saturated rings. The van der Waals surface area contributed by atoms with Gasteiger partial charge in [0.15, 0.2) is 0 Å². The molecule has 2 unspecified atom stereocenters. The van der Waals surface area contributed by atoms with Crippen LogP contribution in [0.3, 0.4) is 0 Å². The average molecular weight is 378 g/mol. The molecule has 0 bridgehead atoms. The Bertz CT molecular complexity index is 800. The van der Waals surface area contributed by atoms with E-state index in [1.165, 1.54) is 6.07 Å². The number of nitrogens with one attached hydrogen (secondary N) is 1. The molecular formula is C17H20BrN3O2. The molecule has 1 amide bonds. The first-order valence-corrected chi connectivity index (χ1v) is 8.66. The maximum absolute atomic E-state index is 13.1. The largest absolute Gasteiger partial charge is 0.334 e. The molecule has 2 heterocycles. The van der Waals surface area contributed by atoms with E-state index in [9.17, 15) is 9.59 Å². The number of rotatable bonds is 2. The van der Waals surface area contributed by atoms with Crippen LogP contribution in [0.15, 0.2) is 33.5 Å². The zero-order valence-corrected chi connectivity index (χ0v) is 14.6. The third-order valence-corrected chi connectivity index (χ3v) is 5.14. The SMILES string of the molecule is CC(N)C1CCCCN1C(=O)c1cc(=O)[nH]c2c(Br)cccc12. The van der Waals surface area contributed by atoms with Crippen LogP contribution in [-0.2, 0) is 0 Å². The Balaban J connectivity index is 2.10. The van der Waals surface area contributed by atoms with Gasteiger partial charge < -0.3 is 15.6 Å². The number of halogens is 1. The van der Waals surface area contributed by atoms with Gasteiger partial charge >= 0.3 is 0 Å². The van der Waals surface area contributed by atoms with Gasteiger partial charge in [0.1, 0.15) is 0 Å². The number of hydrogen-bond donors (Lipinski definition) is 2. The number of aromatic amines is 1. The van der Waals surface area contributed by atoms with E-state index in [1.54, 1.807) is 0 Å². The van der Waals surface area contributed by atoms with E-state index in [2.05, 4.69) is 20.9 Å². The van der Waals surface area contributed by atoms with Crippen molar-refractivity contribution in [2.45, 2.75) is 38.3 Å². The minimum absolute atomic E-state index is 0.0257. The molecule has 122 valence electrons. The molecule has 1 aromatic heterocycles. The lowest BCUT2D eigenvalue weighted by atomic mass is 9.95. The number of H-pyrrole nitrogens is 1. The maximum Gasteiger partial charge on any atom is 0.255 e. The van der Waals surface area contributed by atoms with E-state index in [0.29, 0.717) is 17.6 Å². The molecule has 0 spiro atoms. The Labute approximate surface area is 143 Å². The number of para-hydroxylation sites is 1. The number of carbonyl (C=O) groups excluding carboxylic acids is 1. The van der Waals surface area contributed by atoms with Gasteiger partial charge in [0.05, 0.1) is 11.1 Å². The van der Waals surface area contributed by atoms with Crippen molar-refractivity contribution >= 4 is 32.7 Å². The van der Waals surface area contributed by atoms with Crippen molar-refractivity contribution in [1.29, 1.82) is 0 Å². The second kappa shape index (κ2) is 6.45. The van der Waals surface area contributed by atoms with E-state index in [4.69, 9.17) is 5.73 Å². The van der Waals surface area contributed by atoms with Crippen molar-refractivity contribution in [3.8, 4) is 0 Å². The van der Waals surface area contributed by atoms with Gasteiger partial charge in [-0.2, -0.15) is 0 Å². The summed E-state index contributed by atoms with van der Waals surface area (Å²) in [6, 6.07) is 6.90. The number of nitrogens with zero attached hydrogens (tertiary/aromatic N) is 1. The molecule has 23 heavy (non-hydrogen) atoms. The van der Waals surface area contributed by atoms with Crippen molar-refractivity contribution < 1.29 is 4.79 Å². The van der Waals surface area contributed by atoms with Crippen LogP contribution in [0.2, 0.25) is 0 Å². The van der Waals surface area contributed by atoms with Crippen molar-refractivity contribution in [2.75, 3.05) is 6.54 Å². The predicted octanol–water partition coefficient (Wildman–Crippen LogP) is 2.63. The molecule has 3 rings (SSSR count). The summed E-state index contributed by atoms with van der Waals surface area (Å²) in [7, 11) is 0. The van der Waals surface area contributed by atoms with Crippen LogP contribution in [0.1, 0.15) is 36.5 Å². The molecule has 3 N–H and O–H groups in total. The normalized spacial score (nSPS) is 19.8. The minimum atomic E-state index is -0.276. The number of aromatic nitrogens is 1. The van der Waals surface area contributed by atoms with Crippen LogP contribution < -0.4 is 11.3 Å². The summed E-state index contributed by atoms with van der Waals surface area (Å²) in [5.74, 6) is -0.110. The van der Waals surface area contributed by atoms with Crippen LogP contribution in [0.5, 0.6) is 0 Å². The Morgan fingerprint density at radius 1 is 1.43 bits per heavy atom. The van der Waals surface area contributed by atoms with Gasteiger partial charge in [-0.15, -0.1) is 0 Å². The van der Waals surface area contributed by atoms with E-state index >= 15 is 0 Å². The molecule has 2 atom stereocenters. The molecule has 0 radical (unpaired) electrons. The Morgan fingerprint density at radius 2 is 2.22 bits per heavy atom. The average Bonchev–Trinajstić information content (AvgIpc) is 2.54. The standard InChI is InChI=1S/C17H20BrN3O2/c1-10(19)14-7-2-3-8-21(14)17(23)12-9-15(22)20-16-11(12)5-4-6-13(16)18/h4-6,9-10,14H,2-3,7-8,19H2,1H3,(H,20,22). The highest BCUT2D eigenvalue weighted by Crippen LogP contribution is 2.27. The zero-order valence-electron chi connectivity index (χ0n) is 13.0. The Hall–Kier alpha value is -1.66. The Morgan fingerprint density at radius 3 is 2.96 bits per heavy atom. The molecule has 0 aliphatic carbocycles. The van der Waals surface area contributed by atoms with Crippen LogP contribution in [0.4, 0.5) is 0 Å². The lowest BCUT2D eigenvalue weighted by Crippen LogP contribution is -2.51. The molecule has 1 aliphatic rings. The summed E-state index contributed by atoms with van der Waals surface area (Å²) in [5.41, 5.74) is 6.89. The number of hydrogen-bond acceptors (Lipinski definition) is 3. The summed E-state index contributed by atoms with van der Waals surface area (Å²) in [6.07, 6.45) is 2.96. The van der Waals surface area contributed by atoms with Gasteiger partial charge in [-0.1, -0.05) is 12.1 Å². The highest BCUT2D eigenvalue weighted by molar-refractivity contribution is 9.10. The highest BCUT2D eigenvalue weighted by atomic mass is 79.9. The first-order valence-electron chi connectivity index (χ1n) is 7.87. The smallest absolute Gasteiger partial charge is 0.255 e. The third kappa shape index (κ3) is 3.05. The van der Waals surface area contributed by atoms with Crippen LogP contribution in [0, 0.1) is 0 Å². The number of fused-ring (bicyclic) bond motifs is 1. The summed E-state index contributed by atoms with van der Waals surface area (Å²) in [4.78, 5) is 29.7. The number of piperidine rings is 1. The molecule has 1 aromatic carbocycles. The first-order chi connectivity index (χ1) is 11.0. The van der Waals surface area contributed by atoms with Crippen molar-refractivity contribution in [1.82, 2.24) is 9.88 Å². The van der Waals surface area contributed by atoms with Gasteiger partial charge in [0, 0.05) is 34.6 Å². The molecule has 1 saturated heterocycles. The van der Waals surface area contributed by atoms with E-state index < -0.39 is 0 Å². The summed E-state index contributed by atoms with van der Waals surface area (Å²) < 4.78 is 0.768. The fraction of sp³-hybridized carbons (Fsp3) is 0.412. The van der Waals surface area contributed by atoms with E-state index in [-0.39, 0.29) is 23.6 Å². The van der Waals surface area contributed by atoms with Gasteiger partial charge in [0.25, 0.3) is 5.91 Å². The molecule has 1 aliphatic heterocycles. The Kier molecular flexibility index (Phi) is 4.55. The molecular weight excluding hydrogens is 358 g/mol.